The van der Waals surface area contributed by atoms with Crippen molar-refractivity contribution in [1.29, 1.82) is 0 Å². The van der Waals surface area contributed by atoms with Crippen molar-refractivity contribution in [3.8, 4) is 0 Å². The summed E-state index contributed by atoms with van der Waals surface area (Å²) in [6.45, 7) is 0.378. The maximum atomic E-state index is 13.1. The highest BCUT2D eigenvalue weighted by atomic mass is 35.5. The van der Waals surface area contributed by atoms with E-state index < -0.39 is 46.5 Å². The summed E-state index contributed by atoms with van der Waals surface area (Å²) in [6, 6.07) is 6.82. The van der Waals surface area contributed by atoms with Crippen LogP contribution in [-0.2, 0) is 24.3 Å². The van der Waals surface area contributed by atoms with Gasteiger partial charge >= 0.3 is 5.97 Å². The van der Waals surface area contributed by atoms with E-state index in [1.165, 1.54) is 24.3 Å². The van der Waals surface area contributed by atoms with Crippen molar-refractivity contribution in [2.24, 2.45) is 0 Å². The number of anilines is 1. The second-order valence-electron chi connectivity index (χ2n) is 6.08. The highest BCUT2D eigenvalue weighted by Gasteiger charge is 2.31. The van der Waals surface area contributed by atoms with Gasteiger partial charge in [0.25, 0.3) is 5.91 Å². The number of aliphatic hydroxyl groups is 1. The van der Waals surface area contributed by atoms with E-state index in [0.29, 0.717) is 0 Å². The van der Waals surface area contributed by atoms with Gasteiger partial charge in [-0.05, 0) is 43.3 Å². The molecule has 0 radical (unpaired) electrons. The number of amides is 1. The summed E-state index contributed by atoms with van der Waals surface area (Å²) >= 11 is 11.6. The van der Waals surface area contributed by atoms with Gasteiger partial charge in [-0.15, -0.1) is 0 Å². The number of ether oxygens (including phenoxy) is 1. The van der Waals surface area contributed by atoms with Crippen LogP contribution in [0.15, 0.2) is 47.4 Å². The second kappa shape index (κ2) is 10.2. The first kappa shape index (κ1) is 24.0. The quantitative estimate of drug-likeness (QED) is 0.500. The van der Waals surface area contributed by atoms with Gasteiger partial charge in [0.05, 0.1) is 21.0 Å². The number of rotatable bonds is 8. The summed E-state index contributed by atoms with van der Waals surface area (Å²) in [5, 5.41) is 12.2. The van der Waals surface area contributed by atoms with Gasteiger partial charge in [-0.2, -0.15) is 4.72 Å². The van der Waals surface area contributed by atoms with E-state index >= 15 is 0 Å². The fourth-order valence-corrected chi connectivity index (χ4v) is 3.86. The van der Waals surface area contributed by atoms with E-state index in [1.54, 1.807) is 0 Å². The zero-order valence-electron chi connectivity index (χ0n) is 15.4. The third kappa shape index (κ3) is 6.64. The third-order valence-corrected chi connectivity index (χ3v) is 5.85. The molecule has 0 fully saturated rings. The molecular weight excluding hydrogens is 462 g/mol. The van der Waals surface area contributed by atoms with Gasteiger partial charge < -0.3 is 15.2 Å². The van der Waals surface area contributed by atoms with Crippen molar-refractivity contribution in [1.82, 2.24) is 4.72 Å². The Hall–Kier alpha value is -2.24. The Labute approximate surface area is 182 Å². The molecule has 0 aliphatic rings. The van der Waals surface area contributed by atoms with Crippen LogP contribution in [0.4, 0.5) is 10.1 Å². The molecule has 0 aliphatic heterocycles. The zero-order valence-corrected chi connectivity index (χ0v) is 17.8. The molecule has 2 atom stereocenters. The number of halogens is 3. The number of hydrogen-bond donors (Lipinski definition) is 3. The van der Waals surface area contributed by atoms with Crippen molar-refractivity contribution in [2.45, 2.75) is 24.0 Å². The molecule has 2 unspecified atom stereocenters. The molecule has 0 saturated heterocycles. The predicted molar refractivity (Wildman–Crippen MR) is 108 cm³/mol. The van der Waals surface area contributed by atoms with Gasteiger partial charge in [0.1, 0.15) is 11.9 Å². The number of hydrogen-bond acceptors (Lipinski definition) is 6. The molecule has 0 saturated carbocycles. The first-order chi connectivity index (χ1) is 14.0. The Balaban J connectivity index is 2.03. The van der Waals surface area contributed by atoms with Crippen LogP contribution in [0.1, 0.15) is 6.92 Å². The van der Waals surface area contributed by atoms with Crippen LogP contribution in [0, 0.1) is 5.82 Å². The highest BCUT2D eigenvalue weighted by molar-refractivity contribution is 7.89. The number of aliphatic hydroxyl groups excluding tert-OH is 1. The molecule has 162 valence electrons. The molecule has 1 amide bonds. The smallest absolute Gasteiger partial charge is 0.327 e. The number of nitrogens with one attached hydrogen (secondary N) is 2. The molecule has 0 bridgehead atoms. The summed E-state index contributed by atoms with van der Waals surface area (Å²) in [7, 11) is -4.28. The van der Waals surface area contributed by atoms with Crippen molar-refractivity contribution < 1.29 is 32.2 Å². The highest BCUT2D eigenvalue weighted by Crippen LogP contribution is 2.25. The van der Waals surface area contributed by atoms with Crippen LogP contribution in [0.5, 0.6) is 0 Å². The van der Waals surface area contributed by atoms with Crippen LogP contribution in [0.25, 0.3) is 0 Å². The lowest BCUT2D eigenvalue weighted by Crippen LogP contribution is -2.48. The molecule has 12 heteroatoms. The van der Waals surface area contributed by atoms with Gasteiger partial charge in [-0.3, -0.25) is 9.59 Å². The standard InChI is InChI=1S/C18H17Cl2FN2O6S/c1-10(24)17(23-30(27,28)13-5-6-14(19)15(20)8-13)18(26)29-9-16(25)22-12-4-2-3-11(21)7-12/h2-8,10,17,23-24H,9H2,1H3,(H,22,25). The Kier molecular flexibility index (Phi) is 8.16. The predicted octanol–water partition coefficient (Wildman–Crippen LogP) is 2.34. The average Bonchev–Trinajstić information content (AvgIpc) is 2.66. The Bertz CT molecular complexity index is 1050. The number of carbonyl (C=O) groups excluding carboxylic acids is 2. The lowest BCUT2D eigenvalue weighted by Gasteiger charge is -2.20. The van der Waals surface area contributed by atoms with Crippen LogP contribution in [0.2, 0.25) is 10.0 Å². The first-order valence-electron chi connectivity index (χ1n) is 8.37. The molecule has 0 heterocycles. The molecule has 2 rings (SSSR count). The summed E-state index contributed by atoms with van der Waals surface area (Å²) in [5.41, 5.74) is 0.142. The van der Waals surface area contributed by atoms with Crippen molar-refractivity contribution in [3.63, 3.8) is 0 Å². The molecule has 2 aromatic rings. The van der Waals surface area contributed by atoms with Crippen molar-refractivity contribution in [3.05, 3.63) is 58.3 Å². The van der Waals surface area contributed by atoms with E-state index in [1.807, 2.05) is 4.72 Å². The Morgan fingerprint density at radius 3 is 2.47 bits per heavy atom. The number of carbonyl (C=O) groups is 2. The average molecular weight is 479 g/mol. The Morgan fingerprint density at radius 2 is 1.87 bits per heavy atom. The lowest BCUT2D eigenvalue weighted by molar-refractivity contribution is -0.151. The minimum absolute atomic E-state index is 0.0234. The number of sulfonamides is 1. The second-order valence-corrected chi connectivity index (χ2v) is 8.61. The van der Waals surface area contributed by atoms with Crippen molar-refractivity contribution in [2.75, 3.05) is 11.9 Å². The van der Waals surface area contributed by atoms with Crippen molar-refractivity contribution >= 4 is 50.8 Å². The lowest BCUT2D eigenvalue weighted by atomic mass is 10.2. The van der Waals surface area contributed by atoms with Crippen LogP contribution >= 0.6 is 23.2 Å². The van der Waals surface area contributed by atoms with E-state index in [4.69, 9.17) is 27.9 Å². The largest absolute Gasteiger partial charge is 0.454 e. The fourth-order valence-electron chi connectivity index (χ4n) is 2.21. The van der Waals surface area contributed by atoms with Gasteiger partial charge in [-0.1, -0.05) is 29.3 Å². The number of esters is 1. The van der Waals surface area contributed by atoms with Crippen LogP contribution in [-0.4, -0.2) is 44.2 Å². The molecule has 0 aliphatic carbocycles. The van der Waals surface area contributed by atoms with E-state index in [-0.39, 0.29) is 20.6 Å². The maximum Gasteiger partial charge on any atom is 0.327 e. The molecule has 0 aromatic heterocycles. The van der Waals surface area contributed by atoms with E-state index in [2.05, 4.69) is 5.32 Å². The SMILES string of the molecule is CC(O)C(NS(=O)(=O)c1ccc(Cl)c(Cl)c1)C(=O)OCC(=O)Nc1cccc(F)c1. The van der Waals surface area contributed by atoms with Gasteiger partial charge in [0, 0.05) is 5.69 Å². The Morgan fingerprint density at radius 1 is 1.17 bits per heavy atom. The third-order valence-electron chi connectivity index (χ3n) is 3.67. The first-order valence-corrected chi connectivity index (χ1v) is 10.6. The van der Waals surface area contributed by atoms with Crippen LogP contribution < -0.4 is 10.0 Å². The normalized spacial score (nSPS) is 13.4. The molecule has 2 aromatic carbocycles. The molecule has 0 spiro atoms. The summed E-state index contributed by atoms with van der Waals surface area (Å²) < 4.78 is 44.9. The van der Waals surface area contributed by atoms with E-state index in [9.17, 15) is 27.5 Å². The van der Waals surface area contributed by atoms with Gasteiger partial charge in [0.15, 0.2) is 6.61 Å². The fraction of sp³-hybridized carbons (Fsp3) is 0.222. The number of benzene rings is 2. The summed E-state index contributed by atoms with van der Waals surface area (Å²) in [5.74, 6) is -2.55. The molecular formula is C18H17Cl2FN2O6S. The van der Waals surface area contributed by atoms with Gasteiger partial charge in [-0.25, -0.2) is 12.8 Å². The monoisotopic (exact) mass is 478 g/mol. The van der Waals surface area contributed by atoms with Gasteiger partial charge in [0.2, 0.25) is 10.0 Å². The minimum Gasteiger partial charge on any atom is -0.454 e. The summed E-state index contributed by atoms with van der Waals surface area (Å²) in [4.78, 5) is 23.8. The zero-order chi connectivity index (χ0) is 22.5. The maximum absolute atomic E-state index is 13.1. The van der Waals surface area contributed by atoms with Crippen LogP contribution in [0.3, 0.4) is 0 Å². The summed E-state index contributed by atoms with van der Waals surface area (Å²) in [6.07, 6.45) is -1.48. The topological polar surface area (TPSA) is 122 Å². The van der Waals surface area contributed by atoms with E-state index in [0.717, 1.165) is 25.1 Å². The molecule has 8 nitrogen and oxygen atoms in total. The molecule has 3 N–H and O–H groups in total. The minimum atomic E-state index is -4.28. The molecule has 30 heavy (non-hydrogen) atoms.